The van der Waals surface area contributed by atoms with E-state index in [1.54, 1.807) is 12.1 Å². The predicted molar refractivity (Wildman–Crippen MR) is 76.0 cm³/mol. The molecule has 1 rings (SSSR count). The third-order valence-corrected chi connectivity index (χ3v) is 2.64. The number of nitrogens with two attached hydrogens (primary N) is 1. The zero-order valence-corrected chi connectivity index (χ0v) is 11.9. The minimum absolute atomic E-state index is 0.196. The monoisotopic (exact) mass is 306 g/mol. The van der Waals surface area contributed by atoms with Crippen LogP contribution in [0.2, 0.25) is 0 Å². The SMILES string of the molecule is CN(CCOc1ccc(CC(N)=S)cc1)CC(F)(F)F. The van der Waals surface area contributed by atoms with Gasteiger partial charge in [0, 0.05) is 13.0 Å². The number of rotatable bonds is 7. The van der Waals surface area contributed by atoms with E-state index >= 15 is 0 Å². The van der Waals surface area contributed by atoms with Crippen molar-refractivity contribution in [2.24, 2.45) is 5.73 Å². The van der Waals surface area contributed by atoms with Crippen molar-refractivity contribution in [2.75, 3.05) is 26.7 Å². The average Bonchev–Trinajstić information content (AvgIpc) is 2.28. The normalized spacial score (nSPS) is 11.7. The first-order valence-corrected chi connectivity index (χ1v) is 6.42. The van der Waals surface area contributed by atoms with Crippen LogP contribution in [0.4, 0.5) is 13.2 Å². The molecule has 0 heterocycles. The summed E-state index contributed by atoms with van der Waals surface area (Å²) in [5.41, 5.74) is 6.40. The maximum atomic E-state index is 12.1. The first-order valence-electron chi connectivity index (χ1n) is 6.01. The van der Waals surface area contributed by atoms with Crippen LogP contribution in [0.5, 0.6) is 5.75 Å². The summed E-state index contributed by atoms with van der Waals surface area (Å²) in [6, 6.07) is 7.15. The van der Waals surface area contributed by atoms with E-state index in [0.29, 0.717) is 17.2 Å². The Balaban J connectivity index is 2.33. The van der Waals surface area contributed by atoms with E-state index in [1.165, 1.54) is 11.9 Å². The molecule has 0 radical (unpaired) electrons. The maximum Gasteiger partial charge on any atom is 0.401 e. The highest BCUT2D eigenvalue weighted by Crippen LogP contribution is 2.16. The molecule has 0 aliphatic carbocycles. The Labute approximate surface area is 121 Å². The zero-order chi connectivity index (χ0) is 15.2. The molecule has 0 spiro atoms. The second-order valence-electron chi connectivity index (χ2n) is 4.49. The molecule has 0 atom stereocenters. The molecule has 0 bridgehead atoms. The fourth-order valence-corrected chi connectivity index (χ4v) is 1.78. The summed E-state index contributed by atoms with van der Waals surface area (Å²) in [5, 5.41) is 0. The van der Waals surface area contributed by atoms with Gasteiger partial charge in [0.15, 0.2) is 0 Å². The molecule has 0 aliphatic heterocycles. The molecule has 0 aliphatic rings. The molecule has 3 nitrogen and oxygen atoms in total. The number of hydrogen-bond acceptors (Lipinski definition) is 3. The molecule has 20 heavy (non-hydrogen) atoms. The van der Waals surface area contributed by atoms with Crippen LogP contribution < -0.4 is 10.5 Å². The Morgan fingerprint density at radius 2 is 1.90 bits per heavy atom. The molecule has 1 aromatic carbocycles. The number of ether oxygens (including phenoxy) is 1. The van der Waals surface area contributed by atoms with Gasteiger partial charge in [-0.2, -0.15) is 13.2 Å². The number of likely N-dealkylation sites (N-methyl/N-ethyl adjacent to an activating group) is 1. The molecule has 7 heteroatoms. The van der Waals surface area contributed by atoms with E-state index in [9.17, 15) is 13.2 Å². The Bertz CT molecular complexity index is 434. The van der Waals surface area contributed by atoms with E-state index in [4.69, 9.17) is 22.7 Å². The van der Waals surface area contributed by atoms with Crippen LogP contribution in [0, 0.1) is 0 Å². The number of benzene rings is 1. The lowest BCUT2D eigenvalue weighted by molar-refractivity contribution is -0.143. The molecule has 2 N–H and O–H groups in total. The van der Waals surface area contributed by atoms with E-state index in [-0.39, 0.29) is 13.2 Å². The number of nitrogens with zero attached hydrogens (tertiary/aromatic N) is 1. The zero-order valence-electron chi connectivity index (χ0n) is 11.1. The van der Waals surface area contributed by atoms with E-state index < -0.39 is 12.7 Å². The van der Waals surface area contributed by atoms with Crippen molar-refractivity contribution in [3.05, 3.63) is 29.8 Å². The second-order valence-corrected chi connectivity index (χ2v) is 5.01. The second kappa shape index (κ2) is 7.44. The van der Waals surface area contributed by atoms with Crippen molar-refractivity contribution in [3.63, 3.8) is 0 Å². The lowest BCUT2D eigenvalue weighted by atomic mass is 10.1. The molecule has 0 amide bonds. The van der Waals surface area contributed by atoms with Crippen molar-refractivity contribution < 1.29 is 17.9 Å². The van der Waals surface area contributed by atoms with Crippen LogP contribution in [0.1, 0.15) is 5.56 Å². The van der Waals surface area contributed by atoms with Gasteiger partial charge in [0.1, 0.15) is 12.4 Å². The molecule has 0 fully saturated rings. The van der Waals surface area contributed by atoms with Crippen LogP contribution in [-0.4, -0.2) is 42.8 Å². The summed E-state index contributed by atoms with van der Waals surface area (Å²) in [6.07, 6.45) is -3.67. The summed E-state index contributed by atoms with van der Waals surface area (Å²) in [7, 11) is 1.40. The van der Waals surface area contributed by atoms with Gasteiger partial charge >= 0.3 is 6.18 Å². The highest BCUT2D eigenvalue weighted by atomic mass is 32.1. The fourth-order valence-electron chi connectivity index (χ4n) is 1.61. The Morgan fingerprint density at radius 1 is 1.30 bits per heavy atom. The van der Waals surface area contributed by atoms with Gasteiger partial charge in [-0.05, 0) is 24.7 Å². The number of hydrogen-bond donors (Lipinski definition) is 1. The molecular formula is C13H17F3N2OS. The summed E-state index contributed by atoms with van der Waals surface area (Å²) in [4.78, 5) is 1.58. The first-order chi connectivity index (χ1) is 9.26. The Hall–Kier alpha value is -1.34. The molecule has 1 aromatic rings. The summed E-state index contributed by atoms with van der Waals surface area (Å²) >= 11 is 4.80. The van der Waals surface area contributed by atoms with Gasteiger partial charge in [-0.3, -0.25) is 4.90 Å². The quantitative estimate of drug-likeness (QED) is 0.785. The third-order valence-electron chi connectivity index (χ3n) is 2.49. The molecule has 0 saturated carbocycles. The van der Waals surface area contributed by atoms with Crippen LogP contribution in [0.25, 0.3) is 0 Å². The number of thiocarbonyl (C=S) groups is 1. The van der Waals surface area contributed by atoms with Crippen LogP contribution in [-0.2, 0) is 6.42 Å². The molecule has 0 saturated heterocycles. The van der Waals surface area contributed by atoms with E-state index in [0.717, 1.165) is 5.56 Å². The van der Waals surface area contributed by atoms with Crippen molar-refractivity contribution in [3.8, 4) is 5.75 Å². The first kappa shape index (κ1) is 16.7. The van der Waals surface area contributed by atoms with Gasteiger partial charge in [0.25, 0.3) is 0 Å². The number of alkyl halides is 3. The van der Waals surface area contributed by atoms with Gasteiger partial charge in [-0.15, -0.1) is 0 Å². The van der Waals surface area contributed by atoms with Crippen molar-refractivity contribution in [2.45, 2.75) is 12.6 Å². The van der Waals surface area contributed by atoms with Crippen molar-refractivity contribution >= 4 is 17.2 Å². The largest absolute Gasteiger partial charge is 0.492 e. The van der Waals surface area contributed by atoms with Crippen LogP contribution >= 0.6 is 12.2 Å². The van der Waals surface area contributed by atoms with Crippen molar-refractivity contribution in [1.29, 1.82) is 0 Å². The smallest absolute Gasteiger partial charge is 0.401 e. The molecule has 0 unspecified atom stereocenters. The van der Waals surface area contributed by atoms with Crippen LogP contribution in [0.3, 0.4) is 0 Å². The van der Waals surface area contributed by atoms with Gasteiger partial charge in [0.05, 0.1) is 11.5 Å². The fraction of sp³-hybridized carbons (Fsp3) is 0.462. The minimum atomic E-state index is -4.18. The standard InChI is InChI=1S/C13H17F3N2OS/c1-18(9-13(14,15)16)6-7-19-11-4-2-10(3-5-11)8-12(17)20/h2-5H,6-9H2,1H3,(H2,17,20). The van der Waals surface area contributed by atoms with E-state index in [2.05, 4.69) is 0 Å². The minimum Gasteiger partial charge on any atom is -0.492 e. The Morgan fingerprint density at radius 3 is 2.40 bits per heavy atom. The number of halogens is 3. The summed E-state index contributed by atoms with van der Waals surface area (Å²) in [5.74, 6) is 0.608. The molecule has 0 aromatic heterocycles. The average molecular weight is 306 g/mol. The predicted octanol–water partition coefficient (Wildman–Crippen LogP) is 2.39. The lowest BCUT2D eigenvalue weighted by Crippen LogP contribution is -2.33. The highest BCUT2D eigenvalue weighted by Gasteiger charge is 2.28. The highest BCUT2D eigenvalue weighted by molar-refractivity contribution is 7.80. The lowest BCUT2D eigenvalue weighted by Gasteiger charge is -2.18. The topological polar surface area (TPSA) is 38.5 Å². The Kier molecular flexibility index (Phi) is 6.22. The molecular weight excluding hydrogens is 289 g/mol. The van der Waals surface area contributed by atoms with Crippen molar-refractivity contribution in [1.82, 2.24) is 4.90 Å². The van der Waals surface area contributed by atoms with Gasteiger partial charge < -0.3 is 10.5 Å². The van der Waals surface area contributed by atoms with E-state index in [1.807, 2.05) is 12.1 Å². The molecule has 112 valence electrons. The van der Waals surface area contributed by atoms with Gasteiger partial charge in [-0.1, -0.05) is 24.4 Å². The summed E-state index contributed by atoms with van der Waals surface area (Å²) in [6.45, 7) is -0.543. The third kappa shape index (κ3) is 7.30. The van der Waals surface area contributed by atoms with Crippen LogP contribution in [0.15, 0.2) is 24.3 Å². The summed E-state index contributed by atoms with van der Waals surface area (Å²) < 4.78 is 41.7. The maximum absolute atomic E-state index is 12.1. The van der Waals surface area contributed by atoms with Gasteiger partial charge in [-0.25, -0.2) is 0 Å². The van der Waals surface area contributed by atoms with Gasteiger partial charge in [0.2, 0.25) is 0 Å².